The van der Waals surface area contributed by atoms with Gasteiger partial charge in [-0.05, 0) is 18.1 Å². The molecule has 0 bridgehead atoms. The lowest BCUT2D eigenvalue weighted by Gasteiger charge is -2.14. The Bertz CT molecular complexity index is 736. The first-order chi connectivity index (χ1) is 11.0. The molecule has 1 aromatic carbocycles. The van der Waals surface area contributed by atoms with E-state index in [1.165, 1.54) is 5.01 Å². The molecular weight excluding hydrogens is 294 g/mol. The molecule has 0 radical (unpaired) electrons. The largest absolute Gasteiger partial charge is 0.333 e. The average molecular weight is 313 g/mol. The van der Waals surface area contributed by atoms with Crippen molar-refractivity contribution in [1.29, 1.82) is 0 Å². The van der Waals surface area contributed by atoms with Crippen LogP contribution in [0.5, 0.6) is 0 Å². The van der Waals surface area contributed by atoms with E-state index >= 15 is 0 Å². The van der Waals surface area contributed by atoms with E-state index < -0.39 is 6.03 Å². The smallest absolute Gasteiger partial charge is 0.306 e. The van der Waals surface area contributed by atoms with E-state index in [0.717, 1.165) is 24.1 Å². The van der Waals surface area contributed by atoms with Crippen LogP contribution < -0.4 is 10.7 Å². The lowest BCUT2D eigenvalue weighted by molar-refractivity contribution is 0.103. The van der Waals surface area contributed by atoms with Gasteiger partial charge in [0, 0.05) is 14.1 Å². The Kier molecular flexibility index (Phi) is 3.96. The van der Waals surface area contributed by atoms with Crippen LogP contribution in [0.15, 0.2) is 39.7 Å². The zero-order chi connectivity index (χ0) is 16.6. The van der Waals surface area contributed by atoms with E-state index in [0.29, 0.717) is 16.8 Å². The minimum atomic E-state index is -0.391. The summed E-state index contributed by atoms with van der Waals surface area (Å²) in [7, 11) is 3.43. The summed E-state index contributed by atoms with van der Waals surface area (Å²) in [5.41, 5.74) is 5.85. The predicted octanol–water partition coefficient (Wildman–Crippen LogP) is 3.04. The molecule has 2 aliphatic rings. The van der Waals surface area contributed by atoms with Crippen molar-refractivity contribution in [3.05, 3.63) is 40.6 Å². The molecule has 3 rings (SSSR count). The Morgan fingerprint density at radius 2 is 2.13 bits per heavy atom. The third-order valence-corrected chi connectivity index (χ3v) is 3.80. The molecule has 0 aromatic heterocycles. The molecule has 1 aromatic rings. The second kappa shape index (κ2) is 5.92. The highest BCUT2D eigenvalue weighted by Gasteiger charge is 2.41. The number of nitrogens with zero attached hydrogens (tertiary/aromatic N) is 3. The summed E-state index contributed by atoms with van der Waals surface area (Å²) in [6, 6.07) is 4.70. The van der Waals surface area contributed by atoms with Crippen LogP contribution in [0.4, 0.5) is 10.5 Å². The fraction of sp³-hybridized carbons (Fsp3) is 0.375. The van der Waals surface area contributed by atoms with Crippen molar-refractivity contribution in [1.82, 2.24) is 10.4 Å². The number of nitrogens with one attached hydrogen (secondary N) is 2. The first kappa shape index (κ1) is 15.4. The number of hydrogen-bond acceptors (Lipinski definition) is 5. The molecule has 0 saturated carbocycles. The molecule has 1 atom stereocenters. The highest BCUT2D eigenvalue weighted by molar-refractivity contribution is 6.19. The number of amides is 2. The van der Waals surface area contributed by atoms with Crippen molar-refractivity contribution in [2.24, 2.45) is 10.2 Å². The van der Waals surface area contributed by atoms with Crippen molar-refractivity contribution < 1.29 is 9.59 Å². The van der Waals surface area contributed by atoms with Gasteiger partial charge >= 0.3 is 6.03 Å². The molecule has 0 fully saturated rings. The number of carbonyl (C=O) groups is 2. The van der Waals surface area contributed by atoms with Gasteiger partial charge in [-0.1, -0.05) is 25.5 Å². The van der Waals surface area contributed by atoms with Crippen LogP contribution in [0.1, 0.15) is 41.7 Å². The van der Waals surface area contributed by atoms with Gasteiger partial charge in [0.15, 0.2) is 5.78 Å². The fourth-order valence-electron chi connectivity index (χ4n) is 2.93. The standard InChI is InChI=1S/C16H19N5O2/c1-4-6-11-13-14(19-18-11)9-7-5-8-10(12(9)15(13)22)17-16(23)20-21(2)3/h5,7-8,14H,4,6H2,1-3H3,(H2,17,20,23). The molecule has 7 nitrogen and oxygen atoms in total. The summed E-state index contributed by atoms with van der Waals surface area (Å²) in [5.74, 6) is -0.0841. The molecule has 1 unspecified atom stereocenters. The van der Waals surface area contributed by atoms with Crippen LogP contribution in [0, 0.1) is 0 Å². The number of ketones is 1. The van der Waals surface area contributed by atoms with Crippen molar-refractivity contribution in [3.63, 3.8) is 0 Å². The summed E-state index contributed by atoms with van der Waals surface area (Å²) in [4.78, 5) is 24.7. The SMILES string of the molecule is CCCC1=C2C(=O)c3c(NC(=O)NN(C)C)cccc3C2N=N1. The maximum Gasteiger partial charge on any atom is 0.333 e. The third kappa shape index (κ3) is 2.63. The van der Waals surface area contributed by atoms with Gasteiger partial charge in [-0.25, -0.2) is 9.80 Å². The fourth-order valence-corrected chi connectivity index (χ4v) is 2.93. The topological polar surface area (TPSA) is 86.2 Å². The van der Waals surface area contributed by atoms with Crippen LogP contribution in [0.2, 0.25) is 0 Å². The summed E-state index contributed by atoms with van der Waals surface area (Å²) in [5, 5.41) is 12.7. The number of anilines is 1. The van der Waals surface area contributed by atoms with Gasteiger partial charge in [-0.3, -0.25) is 10.2 Å². The van der Waals surface area contributed by atoms with Gasteiger partial charge in [0.1, 0.15) is 6.04 Å². The zero-order valence-corrected chi connectivity index (χ0v) is 13.4. The molecule has 23 heavy (non-hydrogen) atoms. The summed E-state index contributed by atoms with van der Waals surface area (Å²) in [6.45, 7) is 2.04. The van der Waals surface area contributed by atoms with Crippen LogP contribution in [-0.2, 0) is 0 Å². The van der Waals surface area contributed by atoms with Crippen LogP contribution >= 0.6 is 0 Å². The number of urea groups is 1. The quantitative estimate of drug-likeness (QED) is 0.838. The highest BCUT2D eigenvalue weighted by atomic mass is 16.2. The summed E-state index contributed by atoms with van der Waals surface area (Å²) >= 11 is 0. The molecule has 2 N–H and O–H groups in total. The van der Waals surface area contributed by atoms with Gasteiger partial charge in [-0.2, -0.15) is 10.2 Å². The number of hydrogen-bond donors (Lipinski definition) is 2. The van der Waals surface area contributed by atoms with Crippen molar-refractivity contribution in [2.75, 3.05) is 19.4 Å². The number of Topliss-reactive ketones (excluding diaryl/α,β-unsaturated/α-hetero) is 1. The van der Waals surface area contributed by atoms with Gasteiger partial charge in [0.05, 0.1) is 22.5 Å². The Labute approximate surface area is 134 Å². The Morgan fingerprint density at radius 3 is 2.83 bits per heavy atom. The monoisotopic (exact) mass is 313 g/mol. The van der Waals surface area contributed by atoms with E-state index in [1.54, 1.807) is 20.2 Å². The normalized spacial score (nSPS) is 18.4. The zero-order valence-electron chi connectivity index (χ0n) is 13.4. The van der Waals surface area contributed by atoms with E-state index in [-0.39, 0.29) is 11.8 Å². The Balaban J connectivity index is 1.96. The number of rotatable bonds is 4. The van der Waals surface area contributed by atoms with Crippen LogP contribution in [-0.4, -0.2) is 30.9 Å². The number of hydrazine groups is 1. The van der Waals surface area contributed by atoms with Gasteiger partial charge < -0.3 is 5.32 Å². The number of azo groups is 1. The maximum absolute atomic E-state index is 12.8. The molecule has 7 heteroatoms. The molecule has 1 aliphatic carbocycles. The molecule has 0 saturated heterocycles. The number of carbonyl (C=O) groups excluding carboxylic acids is 2. The van der Waals surface area contributed by atoms with E-state index in [1.807, 2.05) is 19.1 Å². The molecular formula is C16H19N5O2. The second-order valence-electron chi connectivity index (χ2n) is 5.79. The highest BCUT2D eigenvalue weighted by Crippen LogP contribution is 2.47. The van der Waals surface area contributed by atoms with E-state index in [2.05, 4.69) is 21.0 Å². The van der Waals surface area contributed by atoms with Gasteiger partial charge in [-0.15, -0.1) is 0 Å². The summed E-state index contributed by atoms with van der Waals surface area (Å²) in [6.07, 6.45) is 1.64. The molecule has 1 aliphatic heterocycles. The lowest BCUT2D eigenvalue weighted by Crippen LogP contribution is -2.39. The first-order valence-electron chi connectivity index (χ1n) is 7.59. The third-order valence-electron chi connectivity index (χ3n) is 3.80. The van der Waals surface area contributed by atoms with E-state index in [9.17, 15) is 9.59 Å². The molecule has 2 amide bonds. The molecule has 120 valence electrons. The molecule has 1 heterocycles. The lowest BCUT2D eigenvalue weighted by atomic mass is 10.0. The van der Waals surface area contributed by atoms with Crippen molar-refractivity contribution in [2.45, 2.75) is 25.8 Å². The van der Waals surface area contributed by atoms with Crippen LogP contribution in [0.25, 0.3) is 0 Å². The Morgan fingerprint density at radius 1 is 1.35 bits per heavy atom. The van der Waals surface area contributed by atoms with Crippen LogP contribution in [0.3, 0.4) is 0 Å². The minimum Gasteiger partial charge on any atom is -0.306 e. The number of benzene rings is 1. The average Bonchev–Trinajstić information content (AvgIpc) is 3.00. The van der Waals surface area contributed by atoms with Gasteiger partial charge in [0.2, 0.25) is 0 Å². The van der Waals surface area contributed by atoms with Crippen molar-refractivity contribution >= 4 is 17.5 Å². The van der Waals surface area contributed by atoms with E-state index in [4.69, 9.17) is 0 Å². The maximum atomic E-state index is 12.8. The van der Waals surface area contributed by atoms with Gasteiger partial charge in [0.25, 0.3) is 0 Å². The first-order valence-corrected chi connectivity index (χ1v) is 7.59. The Hall–Kier alpha value is -2.54. The number of fused-ring (bicyclic) bond motifs is 3. The predicted molar refractivity (Wildman–Crippen MR) is 86.1 cm³/mol. The second-order valence-corrected chi connectivity index (χ2v) is 5.79. The minimum absolute atomic E-state index is 0.0841. The number of allylic oxidation sites excluding steroid dienone is 1. The summed E-state index contributed by atoms with van der Waals surface area (Å²) < 4.78 is 0. The molecule has 0 spiro atoms. The van der Waals surface area contributed by atoms with Crippen molar-refractivity contribution in [3.8, 4) is 0 Å².